The fourth-order valence-electron chi connectivity index (χ4n) is 3.19. The number of rotatable bonds is 4. The number of hydrogen-bond acceptors (Lipinski definition) is 4. The van der Waals surface area contributed by atoms with Crippen molar-refractivity contribution in [2.24, 2.45) is 5.73 Å². The van der Waals surface area contributed by atoms with Crippen LogP contribution in [0.1, 0.15) is 27.5 Å². The highest BCUT2D eigenvalue weighted by atomic mass is 35.5. The molecule has 0 bridgehead atoms. The van der Waals surface area contributed by atoms with E-state index >= 15 is 0 Å². The van der Waals surface area contributed by atoms with Gasteiger partial charge < -0.3 is 15.8 Å². The van der Waals surface area contributed by atoms with Crippen LogP contribution in [0.3, 0.4) is 0 Å². The van der Waals surface area contributed by atoms with Crippen molar-refractivity contribution in [3.05, 3.63) is 82.6 Å². The third-order valence-corrected chi connectivity index (χ3v) is 4.94. The van der Waals surface area contributed by atoms with Gasteiger partial charge in [0.2, 0.25) is 5.91 Å². The Hall–Kier alpha value is -3.38. The topological polar surface area (TPSA) is 94.3 Å². The SMILES string of the molecule is NC(=O)C(NC(=O)c1ccc2c(c1)OCc1cnccc1-2)c1ccccc1Cl. The van der Waals surface area contributed by atoms with Crippen molar-refractivity contribution < 1.29 is 14.3 Å². The number of aromatic nitrogens is 1. The summed E-state index contributed by atoms with van der Waals surface area (Å²) in [4.78, 5) is 28.8. The molecule has 1 unspecified atom stereocenters. The van der Waals surface area contributed by atoms with E-state index in [1.54, 1.807) is 48.8 Å². The monoisotopic (exact) mass is 393 g/mol. The summed E-state index contributed by atoms with van der Waals surface area (Å²) in [6.45, 7) is 0.380. The van der Waals surface area contributed by atoms with Crippen molar-refractivity contribution in [1.82, 2.24) is 10.3 Å². The summed E-state index contributed by atoms with van der Waals surface area (Å²) in [5.41, 5.74) is 9.18. The third-order valence-electron chi connectivity index (χ3n) is 4.60. The first-order valence-electron chi connectivity index (χ1n) is 8.59. The fraction of sp³-hybridized carbons (Fsp3) is 0.0952. The van der Waals surface area contributed by atoms with Crippen LogP contribution in [0.15, 0.2) is 60.9 Å². The molecule has 6 nitrogen and oxygen atoms in total. The van der Waals surface area contributed by atoms with E-state index in [0.717, 1.165) is 16.7 Å². The Morgan fingerprint density at radius 1 is 1.14 bits per heavy atom. The van der Waals surface area contributed by atoms with Crippen molar-refractivity contribution in [2.75, 3.05) is 0 Å². The van der Waals surface area contributed by atoms with Crippen molar-refractivity contribution in [2.45, 2.75) is 12.6 Å². The van der Waals surface area contributed by atoms with Gasteiger partial charge in [-0.25, -0.2) is 0 Å². The van der Waals surface area contributed by atoms with Gasteiger partial charge in [0, 0.05) is 39.7 Å². The lowest BCUT2D eigenvalue weighted by atomic mass is 9.97. The Bertz CT molecular complexity index is 1080. The summed E-state index contributed by atoms with van der Waals surface area (Å²) in [6.07, 6.45) is 3.48. The van der Waals surface area contributed by atoms with Crippen molar-refractivity contribution >= 4 is 23.4 Å². The van der Waals surface area contributed by atoms with Gasteiger partial charge in [-0.15, -0.1) is 0 Å². The predicted octanol–water partition coefficient (Wildman–Crippen LogP) is 3.25. The molecule has 2 heterocycles. The second-order valence-corrected chi connectivity index (χ2v) is 6.77. The molecular weight excluding hydrogens is 378 g/mol. The molecule has 28 heavy (non-hydrogen) atoms. The standard InChI is InChI=1S/C21H16ClN3O3/c22-17-4-2-1-3-16(17)19(20(23)26)25-21(27)12-5-6-15-14-7-8-24-10-13(14)11-28-18(15)9-12/h1-10,19H,11H2,(H2,23,26)(H,25,27). The number of halogens is 1. The number of nitrogens with two attached hydrogens (primary N) is 1. The number of benzene rings is 2. The van der Waals surface area contributed by atoms with Gasteiger partial charge in [-0.05, 0) is 35.9 Å². The lowest BCUT2D eigenvalue weighted by Crippen LogP contribution is -2.37. The molecule has 3 N–H and O–H groups in total. The minimum atomic E-state index is -1.04. The van der Waals surface area contributed by atoms with Gasteiger partial charge in [-0.2, -0.15) is 0 Å². The van der Waals surface area contributed by atoms with Gasteiger partial charge in [0.05, 0.1) is 0 Å². The number of ether oxygens (including phenoxy) is 1. The predicted molar refractivity (Wildman–Crippen MR) is 105 cm³/mol. The number of carbonyl (C=O) groups is 2. The second kappa shape index (κ2) is 7.32. The van der Waals surface area contributed by atoms with E-state index in [2.05, 4.69) is 10.3 Å². The van der Waals surface area contributed by atoms with E-state index in [4.69, 9.17) is 22.1 Å². The summed E-state index contributed by atoms with van der Waals surface area (Å²) >= 11 is 6.15. The van der Waals surface area contributed by atoms with E-state index < -0.39 is 17.9 Å². The summed E-state index contributed by atoms with van der Waals surface area (Å²) in [5, 5.41) is 3.00. The molecule has 1 aromatic heterocycles. The van der Waals surface area contributed by atoms with Crippen LogP contribution in [-0.4, -0.2) is 16.8 Å². The Balaban J connectivity index is 1.62. The Labute approximate surface area is 166 Å². The molecule has 0 aliphatic carbocycles. The van der Waals surface area contributed by atoms with E-state index in [0.29, 0.717) is 28.5 Å². The van der Waals surface area contributed by atoms with E-state index in [9.17, 15) is 9.59 Å². The highest BCUT2D eigenvalue weighted by Crippen LogP contribution is 2.37. The van der Waals surface area contributed by atoms with Gasteiger partial charge in [0.25, 0.3) is 5.91 Å². The molecule has 2 aromatic carbocycles. The molecule has 4 rings (SSSR count). The first-order chi connectivity index (χ1) is 13.5. The number of nitrogens with one attached hydrogen (secondary N) is 1. The molecule has 1 aliphatic rings. The molecule has 0 saturated heterocycles. The van der Waals surface area contributed by atoms with E-state index in [-0.39, 0.29) is 0 Å². The summed E-state index contributed by atoms with van der Waals surface area (Å²) in [7, 11) is 0. The zero-order chi connectivity index (χ0) is 19.7. The molecule has 140 valence electrons. The first kappa shape index (κ1) is 18.0. The van der Waals surface area contributed by atoms with Crippen LogP contribution >= 0.6 is 11.6 Å². The maximum absolute atomic E-state index is 12.7. The van der Waals surface area contributed by atoms with E-state index in [1.165, 1.54) is 0 Å². The molecule has 7 heteroatoms. The summed E-state index contributed by atoms with van der Waals surface area (Å²) in [5.74, 6) is -0.549. The summed E-state index contributed by atoms with van der Waals surface area (Å²) < 4.78 is 5.76. The van der Waals surface area contributed by atoms with Crippen molar-refractivity contribution in [3.63, 3.8) is 0 Å². The molecule has 0 fully saturated rings. The van der Waals surface area contributed by atoms with Gasteiger partial charge in [-0.1, -0.05) is 29.8 Å². The van der Waals surface area contributed by atoms with Crippen LogP contribution in [0, 0.1) is 0 Å². The lowest BCUT2D eigenvalue weighted by Gasteiger charge is -2.21. The number of pyridine rings is 1. The highest BCUT2D eigenvalue weighted by molar-refractivity contribution is 6.31. The zero-order valence-corrected chi connectivity index (χ0v) is 15.4. The number of hydrogen-bond donors (Lipinski definition) is 2. The Kier molecular flexibility index (Phi) is 4.71. The quantitative estimate of drug-likeness (QED) is 0.711. The number of primary amides is 1. The molecule has 3 aromatic rings. The minimum Gasteiger partial charge on any atom is -0.488 e. The van der Waals surface area contributed by atoms with Crippen LogP contribution in [0.2, 0.25) is 5.02 Å². The maximum atomic E-state index is 12.7. The van der Waals surface area contributed by atoms with Gasteiger partial charge in [0.1, 0.15) is 18.4 Å². The Morgan fingerprint density at radius 2 is 1.96 bits per heavy atom. The fourth-order valence-corrected chi connectivity index (χ4v) is 3.44. The molecule has 0 spiro atoms. The van der Waals surface area contributed by atoms with Crippen molar-refractivity contribution in [1.29, 1.82) is 0 Å². The second-order valence-electron chi connectivity index (χ2n) is 6.36. The van der Waals surface area contributed by atoms with Crippen LogP contribution in [0.4, 0.5) is 0 Å². The third kappa shape index (κ3) is 3.30. The molecule has 1 aliphatic heterocycles. The maximum Gasteiger partial charge on any atom is 0.252 e. The van der Waals surface area contributed by atoms with E-state index in [1.807, 2.05) is 12.1 Å². The van der Waals surface area contributed by atoms with Crippen LogP contribution in [0.25, 0.3) is 11.1 Å². The Morgan fingerprint density at radius 3 is 2.75 bits per heavy atom. The normalized spacial score (nSPS) is 12.9. The number of fused-ring (bicyclic) bond motifs is 3. The molecular formula is C21H16ClN3O3. The van der Waals surface area contributed by atoms with Crippen LogP contribution in [-0.2, 0) is 11.4 Å². The van der Waals surface area contributed by atoms with Gasteiger partial charge >= 0.3 is 0 Å². The molecule has 1 atom stereocenters. The van der Waals surface area contributed by atoms with Crippen LogP contribution < -0.4 is 15.8 Å². The average Bonchev–Trinajstić information content (AvgIpc) is 2.71. The van der Waals surface area contributed by atoms with Gasteiger partial charge in [-0.3, -0.25) is 14.6 Å². The molecule has 2 amide bonds. The lowest BCUT2D eigenvalue weighted by molar-refractivity contribution is -0.120. The highest BCUT2D eigenvalue weighted by Gasteiger charge is 2.24. The zero-order valence-electron chi connectivity index (χ0n) is 14.7. The average molecular weight is 394 g/mol. The largest absolute Gasteiger partial charge is 0.488 e. The molecule has 0 radical (unpaired) electrons. The van der Waals surface area contributed by atoms with Gasteiger partial charge in [0.15, 0.2) is 0 Å². The minimum absolute atomic E-state index is 0.352. The summed E-state index contributed by atoms with van der Waals surface area (Å²) in [6, 6.07) is 12.8. The van der Waals surface area contributed by atoms with Crippen LogP contribution in [0.5, 0.6) is 5.75 Å². The van der Waals surface area contributed by atoms with Crippen molar-refractivity contribution in [3.8, 4) is 16.9 Å². The number of nitrogens with zero attached hydrogens (tertiary/aromatic N) is 1. The number of carbonyl (C=O) groups excluding carboxylic acids is 2. The smallest absolute Gasteiger partial charge is 0.252 e. The first-order valence-corrected chi connectivity index (χ1v) is 8.97. The number of amides is 2. The molecule has 0 saturated carbocycles.